The summed E-state index contributed by atoms with van der Waals surface area (Å²) in [7, 11) is -1.78. The van der Waals surface area contributed by atoms with E-state index in [0.717, 1.165) is 80.0 Å². The first kappa shape index (κ1) is 74.3. The van der Waals surface area contributed by atoms with E-state index >= 15 is 8.78 Å². The number of aromatic nitrogens is 8. The van der Waals surface area contributed by atoms with Gasteiger partial charge in [0.1, 0.15) is 49.9 Å². The maximum Gasteiger partial charge on any atom is 0.243 e. The van der Waals surface area contributed by atoms with E-state index in [1.54, 1.807) is 26.2 Å². The molecule has 2 aromatic carbocycles. The van der Waals surface area contributed by atoms with Crippen molar-refractivity contribution in [3.05, 3.63) is 58.4 Å². The molecule has 2 saturated carbocycles. The zero-order valence-corrected chi connectivity index (χ0v) is 66.4. The second-order valence-corrected chi connectivity index (χ2v) is 57.1. The molecular weight excluding hydrogens is 1310 g/mol. The number of amides is 2. The molecule has 26 heteroatoms. The molecule has 0 spiro atoms. The number of benzene rings is 2. The predicted molar refractivity (Wildman–Crippen MR) is 396 cm³/mol. The van der Waals surface area contributed by atoms with Gasteiger partial charge in [-0.3, -0.25) is 28.5 Å². The Morgan fingerprint density at radius 1 is 0.541 bits per heavy atom. The molecule has 0 bridgehead atoms. The van der Waals surface area contributed by atoms with Crippen molar-refractivity contribution in [2.75, 3.05) is 103 Å². The van der Waals surface area contributed by atoms with Crippen LogP contribution in [0.15, 0.2) is 24.3 Å². The molecular formula is C72H114F2N12O8Si4. The summed E-state index contributed by atoms with van der Waals surface area (Å²) in [5.74, 6) is 1.35. The third kappa shape index (κ3) is 17.3. The minimum absolute atomic E-state index is 0.160. The van der Waals surface area contributed by atoms with Gasteiger partial charge in [0.2, 0.25) is 11.8 Å². The van der Waals surface area contributed by atoms with Crippen molar-refractivity contribution < 1.29 is 46.8 Å². The molecule has 0 unspecified atom stereocenters. The molecule has 540 valence electrons. The smallest absolute Gasteiger partial charge is 0.243 e. The van der Waals surface area contributed by atoms with Crippen LogP contribution >= 0.6 is 0 Å². The molecule has 98 heavy (non-hydrogen) atoms. The standard InChI is InChI=1S/2C36H57FN6O4Si2/c1-25(41-10-12-45-13-11-41)35(44)40(3)30-20-29-31(19-28(30)37)42(23-46-14-16-48(4,5)6)34(38-29)33-27-18-26-21-36(26,2)22-32(27)43(39-33)24-47-15-17-49(7,8)9;1-25(41-10-12-45-13-11-41)35(44)40(3)30-20-31-29(19-28(30)37)38-34(42(31)23-46-14-16-48(4,5)6)33-27-18-26-21-36(26,2)22-32(27)43(39-33)24-47-15-17-49(7,8)9/h2*19-20,25-26H,10-18,21-24H2,1-9H3/t2*25-,26+,36+/m00/s1. The molecule has 2 saturated heterocycles. The van der Waals surface area contributed by atoms with E-state index < -0.39 is 56.0 Å². The highest BCUT2D eigenvalue weighted by Crippen LogP contribution is 2.61. The number of anilines is 2. The van der Waals surface area contributed by atoms with Gasteiger partial charge in [-0.1, -0.05) is 92.4 Å². The largest absolute Gasteiger partial charge is 0.379 e. The van der Waals surface area contributed by atoms with Crippen molar-refractivity contribution in [1.82, 2.24) is 48.5 Å². The number of hydrogen-bond donors (Lipinski definition) is 0. The number of ether oxygens (including phenoxy) is 6. The van der Waals surface area contributed by atoms with E-state index in [1.165, 1.54) is 57.3 Å². The lowest BCUT2D eigenvalue weighted by Gasteiger charge is -2.33. The second kappa shape index (κ2) is 29.5. The average Bonchev–Trinajstić information content (AvgIpc) is 1.56. The fourth-order valence-electron chi connectivity index (χ4n) is 14.4. The zero-order chi connectivity index (χ0) is 70.6. The van der Waals surface area contributed by atoms with Crippen LogP contribution in [0.4, 0.5) is 20.2 Å². The molecule has 6 atom stereocenters. The third-order valence-electron chi connectivity index (χ3n) is 21.6. The Bertz CT molecular complexity index is 3740. The fourth-order valence-corrected chi connectivity index (χ4v) is 17.4. The number of fused-ring (bicyclic) bond motifs is 6. The summed E-state index contributed by atoms with van der Waals surface area (Å²) in [5, 5.41) is 10.4. The lowest BCUT2D eigenvalue weighted by molar-refractivity contribution is -0.125. The summed E-state index contributed by atoms with van der Waals surface area (Å²) in [4.78, 5) is 44.5. The molecule has 4 fully saturated rings. The molecule has 2 aliphatic heterocycles. The maximum absolute atomic E-state index is 16.1. The number of imidazole rings is 2. The van der Waals surface area contributed by atoms with Crippen LogP contribution < -0.4 is 9.80 Å². The molecule has 6 aromatic rings. The first-order valence-corrected chi connectivity index (χ1v) is 51.0. The van der Waals surface area contributed by atoms with Gasteiger partial charge in [0.05, 0.1) is 72.0 Å². The first-order chi connectivity index (χ1) is 46.1. The number of rotatable bonds is 28. The average molecular weight is 1430 g/mol. The minimum atomic E-state index is -1.32. The van der Waals surface area contributed by atoms with Crippen LogP contribution in [0.3, 0.4) is 0 Å². The van der Waals surface area contributed by atoms with Gasteiger partial charge in [-0.15, -0.1) is 0 Å². The zero-order valence-electron chi connectivity index (χ0n) is 62.4. The predicted octanol–water partition coefficient (Wildman–Crippen LogP) is 12.9. The van der Waals surface area contributed by atoms with Crippen LogP contribution in [0, 0.1) is 34.3 Å². The molecule has 4 aliphatic carbocycles. The van der Waals surface area contributed by atoms with Gasteiger partial charge in [-0.25, -0.2) is 28.1 Å². The Kier molecular flexibility index (Phi) is 22.4. The van der Waals surface area contributed by atoms with Gasteiger partial charge in [0, 0.05) is 134 Å². The summed E-state index contributed by atoms with van der Waals surface area (Å²) in [6.45, 7) is 45.8. The molecule has 0 radical (unpaired) electrons. The van der Waals surface area contributed by atoms with Crippen LogP contribution in [0.1, 0.15) is 63.1 Å². The summed E-state index contributed by atoms with van der Waals surface area (Å²) in [6.07, 6.45) is 6.27. The Hall–Kier alpha value is -4.85. The lowest BCUT2D eigenvalue weighted by atomic mass is 9.87. The van der Waals surface area contributed by atoms with Gasteiger partial charge >= 0.3 is 0 Å². The summed E-state index contributed by atoms with van der Waals surface area (Å²) in [6, 6.07) is 9.90. The van der Waals surface area contributed by atoms with E-state index in [4.69, 9.17) is 48.6 Å². The fraction of sp³-hybridized carbons (Fsp3) is 0.694. The number of likely N-dealkylation sites (N-methyl/N-ethyl adjacent to an activating group) is 2. The van der Waals surface area contributed by atoms with Crippen LogP contribution in [-0.4, -0.2) is 198 Å². The van der Waals surface area contributed by atoms with Crippen LogP contribution in [0.2, 0.25) is 103 Å². The molecule has 20 nitrogen and oxygen atoms in total. The SMILES string of the molecule is C[C@@H](C(=O)N(C)c1cc2c(cc1F)nc(-c1nn(COCC[Si](C)(C)C)c3c1C[C@@H]1C[C@]1(C)C3)n2COCC[Si](C)(C)C)N1CCOCC1.C[C@@H](C(=O)N(C)c1cc2nc(-c3nn(COCC[Si](C)(C)C)c4c3C[C@@H]3C[C@]3(C)C4)n(COCC[Si](C)(C)C)c2cc1F)N1CCOCC1. The van der Waals surface area contributed by atoms with Gasteiger partial charge in [-0.05, 0) is 111 Å². The Balaban J connectivity index is 0.000000198. The van der Waals surface area contributed by atoms with E-state index in [1.807, 2.05) is 23.0 Å². The highest BCUT2D eigenvalue weighted by Gasteiger charge is 2.55. The van der Waals surface area contributed by atoms with Gasteiger partial charge in [0.15, 0.2) is 11.6 Å². The van der Waals surface area contributed by atoms with E-state index in [2.05, 4.69) is 112 Å². The van der Waals surface area contributed by atoms with Crippen LogP contribution in [-0.2, 0) is 90.6 Å². The van der Waals surface area contributed by atoms with Crippen molar-refractivity contribution in [2.24, 2.45) is 22.7 Å². The number of hydrogen-bond acceptors (Lipinski definition) is 14. The van der Waals surface area contributed by atoms with Crippen molar-refractivity contribution in [1.29, 1.82) is 0 Å². The van der Waals surface area contributed by atoms with Gasteiger partial charge < -0.3 is 38.2 Å². The van der Waals surface area contributed by atoms with Crippen molar-refractivity contribution in [2.45, 2.75) is 208 Å². The number of carbonyl (C=O) groups excluding carboxylic acids is 2. The van der Waals surface area contributed by atoms with Crippen LogP contribution in [0.5, 0.6) is 0 Å². The molecule has 2 amide bonds. The topological polar surface area (TPSA) is 174 Å². The normalized spacial score (nSPS) is 21.9. The number of halogens is 2. The highest BCUT2D eigenvalue weighted by molar-refractivity contribution is 6.77. The summed E-state index contributed by atoms with van der Waals surface area (Å²) >= 11 is 0. The van der Waals surface area contributed by atoms with E-state index in [0.29, 0.717) is 130 Å². The Labute approximate surface area is 584 Å². The minimum Gasteiger partial charge on any atom is -0.379 e. The molecule has 6 aliphatic rings. The quantitative estimate of drug-likeness (QED) is 0.0335. The molecule has 12 rings (SSSR count). The molecule has 0 N–H and O–H groups in total. The van der Waals surface area contributed by atoms with Crippen molar-refractivity contribution >= 4 is 77.6 Å². The summed E-state index contributed by atoms with van der Waals surface area (Å²) < 4.78 is 76.1. The lowest BCUT2D eigenvalue weighted by Crippen LogP contribution is -2.50. The molecule has 4 aromatic heterocycles. The van der Waals surface area contributed by atoms with E-state index in [9.17, 15) is 9.59 Å². The second-order valence-electron chi connectivity index (χ2n) is 34.6. The van der Waals surface area contributed by atoms with Crippen molar-refractivity contribution in [3.63, 3.8) is 0 Å². The number of nitrogens with zero attached hydrogens (tertiary/aromatic N) is 12. The Morgan fingerprint density at radius 3 is 1.28 bits per heavy atom. The van der Waals surface area contributed by atoms with Crippen molar-refractivity contribution in [3.8, 4) is 23.0 Å². The summed E-state index contributed by atoms with van der Waals surface area (Å²) in [5.41, 5.74) is 10.1. The van der Waals surface area contributed by atoms with Crippen LogP contribution in [0.25, 0.3) is 45.1 Å². The third-order valence-corrected chi connectivity index (χ3v) is 28.5. The number of morpholine rings is 2. The van der Waals surface area contributed by atoms with Gasteiger partial charge in [0.25, 0.3) is 0 Å². The van der Waals surface area contributed by atoms with Gasteiger partial charge in [-0.2, -0.15) is 10.2 Å². The molecule has 6 heterocycles. The first-order valence-electron chi connectivity index (χ1n) is 36.2. The van der Waals surface area contributed by atoms with E-state index in [-0.39, 0.29) is 36.7 Å². The monoisotopic (exact) mass is 1420 g/mol. The Morgan fingerprint density at radius 2 is 0.888 bits per heavy atom. The number of carbonyl (C=O) groups is 2. The maximum atomic E-state index is 16.1. The highest BCUT2D eigenvalue weighted by atomic mass is 28.3.